The molecule has 0 saturated carbocycles. The fraction of sp³-hybridized carbons (Fsp3) is 0.500. The fourth-order valence-electron chi connectivity index (χ4n) is 1.96. The minimum atomic E-state index is -1.00. The van der Waals surface area contributed by atoms with Crippen molar-refractivity contribution in [1.29, 1.82) is 0 Å². The summed E-state index contributed by atoms with van der Waals surface area (Å²) in [5.41, 5.74) is -1.00. The first kappa shape index (κ1) is 13.3. The summed E-state index contributed by atoms with van der Waals surface area (Å²) in [5.74, 6) is 0.0147. The Morgan fingerprint density at radius 2 is 2.05 bits per heavy atom. The van der Waals surface area contributed by atoms with Crippen LogP contribution in [0.2, 0.25) is 0 Å². The van der Waals surface area contributed by atoms with Crippen molar-refractivity contribution in [3.63, 3.8) is 0 Å². The summed E-state index contributed by atoms with van der Waals surface area (Å²) in [5, 5.41) is 10.8. The van der Waals surface area contributed by atoms with Gasteiger partial charge in [-0.3, -0.25) is 9.69 Å². The standard InChI is InChI=1S/C12H15N3O4/c1-7(2)14-10-8(19-12(3,4)11(14)16)5-6-9(13-10)15(17)18/h5-7H,1-4H3. The smallest absolute Gasteiger partial charge is 0.366 e. The SMILES string of the molecule is CC(C)N1C(=O)C(C)(C)Oc2ccc([N+](=O)[O-])nc21. The quantitative estimate of drug-likeness (QED) is 0.602. The van der Waals surface area contributed by atoms with Crippen molar-refractivity contribution in [2.45, 2.75) is 39.3 Å². The molecule has 0 radical (unpaired) electrons. The molecule has 1 aliphatic heterocycles. The number of amides is 1. The molecule has 0 unspecified atom stereocenters. The molecule has 0 bridgehead atoms. The van der Waals surface area contributed by atoms with Crippen molar-refractivity contribution in [1.82, 2.24) is 4.98 Å². The van der Waals surface area contributed by atoms with Crippen molar-refractivity contribution in [3.05, 3.63) is 22.2 Å². The van der Waals surface area contributed by atoms with E-state index >= 15 is 0 Å². The molecule has 7 nitrogen and oxygen atoms in total. The van der Waals surface area contributed by atoms with Crippen LogP contribution < -0.4 is 9.64 Å². The second-order valence-corrected chi connectivity index (χ2v) is 5.13. The third-order valence-electron chi connectivity index (χ3n) is 2.86. The number of nitrogens with zero attached hydrogens (tertiary/aromatic N) is 3. The van der Waals surface area contributed by atoms with Crippen LogP contribution in [-0.4, -0.2) is 27.5 Å². The zero-order chi connectivity index (χ0) is 14.4. The maximum Gasteiger partial charge on any atom is 0.366 e. The Balaban J connectivity index is 2.60. The van der Waals surface area contributed by atoms with Crippen LogP contribution in [0.25, 0.3) is 0 Å². The van der Waals surface area contributed by atoms with Gasteiger partial charge >= 0.3 is 5.82 Å². The van der Waals surface area contributed by atoms with Crippen LogP contribution in [0.1, 0.15) is 27.7 Å². The van der Waals surface area contributed by atoms with Crippen molar-refractivity contribution in [3.8, 4) is 5.75 Å². The first-order valence-electron chi connectivity index (χ1n) is 5.92. The number of hydrogen-bond donors (Lipinski definition) is 0. The Labute approximate surface area is 110 Å². The average Bonchev–Trinajstić information content (AvgIpc) is 2.29. The van der Waals surface area contributed by atoms with E-state index in [1.54, 1.807) is 13.8 Å². The number of nitro groups is 1. The number of anilines is 1. The molecule has 0 N–H and O–H groups in total. The highest BCUT2D eigenvalue weighted by Gasteiger charge is 2.45. The number of carbonyl (C=O) groups excluding carboxylic acids is 1. The summed E-state index contributed by atoms with van der Waals surface area (Å²) in [7, 11) is 0. The lowest BCUT2D eigenvalue weighted by molar-refractivity contribution is -0.389. The highest BCUT2D eigenvalue weighted by molar-refractivity contribution is 6.01. The Bertz CT molecular complexity index is 554. The summed E-state index contributed by atoms with van der Waals surface area (Å²) in [6.07, 6.45) is 0. The van der Waals surface area contributed by atoms with Gasteiger partial charge in [0.1, 0.15) is 0 Å². The lowest BCUT2D eigenvalue weighted by Crippen LogP contribution is -2.55. The van der Waals surface area contributed by atoms with Gasteiger partial charge in [-0.2, -0.15) is 0 Å². The summed E-state index contributed by atoms with van der Waals surface area (Å²) in [6.45, 7) is 6.97. The molecule has 0 aromatic carbocycles. The molecule has 2 rings (SSSR count). The minimum Gasteiger partial charge on any atom is -0.472 e. The van der Waals surface area contributed by atoms with Gasteiger partial charge in [0.2, 0.25) is 0 Å². The molecular formula is C12H15N3O4. The number of hydrogen-bond acceptors (Lipinski definition) is 5. The molecule has 1 amide bonds. The van der Waals surface area contributed by atoms with E-state index in [0.717, 1.165) is 0 Å². The van der Waals surface area contributed by atoms with Crippen LogP contribution in [0, 0.1) is 10.1 Å². The molecule has 0 atom stereocenters. The van der Waals surface area contributed by atoms with Gasteiger partial charge in [0.25, 0.3) is 11.7 Å². The Hall–Kier alpha value is -2.18. The molecule has 1 aromatic heterocycles. The first-order chi connectivity index (χ1) is 8.74. The summed E-state index contributed by atoms with van der Waals surface area (Å²) < 4.78 is 5.57. The maximum atomic E-state index is 12.3. The number of carbonyl (C=O) groups is 1. The molecule has 0 spiro atoms. The Kier molecular flexibility index (Phi) is 2.92. The highest BCUT2D eigenvalue weighted by Crippen LogP contribution is 2.38. The Morgan fingerprint density at radius 1 is 1.42 bits per heavy atom. The Morgan fingerprint density at radius 3 is 2.58 bits per heavy atom. The number of rotatable bonds is 2. The highest BCUT2D eigenvalue weighted by atomic mass is 16.6. The van der Waals surface area contributed by atoms with Crippen LogP contribution in [0.4, 0.5) is 11.6 Å². The normalized spacial score (nSPS) is 17.1. The number of aromatic nitrogens is 1. The van der Waals surface area contributed by atoms with Crippen LogP contribution in [0.5, 0.6) is 5.75 Å². The molecule has 2 heterocycles. The van der Waals surface area contributed by atoms with Gasteiger partial charge in [0.05, 0.1) is 0 Å². The van der Waals surface area contributed by atoms with Crippen LogP contribution in [-0.2, 0) is 4.79 Å². The zero-order valence-electron chi connectivity index (χ0n) is 11.2. The molecule has 1 aromatic rings. The van der Waals surface area contributed by atoms with Gasteiger partial charge in [-0.15, -0.1) is 0 Å². The predicted octanol–water partition coefficient (Wildman–Crippen LogP) is 1.90. The number of ether oxygens (including phenoxy) is 1. The van der Waals surface area contributed by atoms with E-state index in [-0.39, 0.29) is 23.6 Å². The van der Waals surface area contributed by atoms with E-state index in [2.05, 4.69) is 4.98 Å². The zero-order valence-corrected chi connectivity index (χ0v) is 11.2. The maximum absolute atomic E-state index is 12.3. The van der Waals surface area contributed by atoms with Gasteiger partial charge in [-0.1, -0.05) is 0 Å². The van der Waals surface area contributed by atoms with Gasteiger partial charge in [0.15, 0.2) is 11.4 Å². The van der Waals surface area contributed by atoms with E-state index in [9.17, 15) is 14.9 Å². The summed E-state index contributed by atoms with van der Waals surface area (Å²) in [6, 6.07) is 2.58. The molecule has 19 heavy (non-hydrogen) atoms. The van der Waals surface area contributed by atoms with E-state index in [4.69, 9.17) is 4.74 Å². The monoisotopic (exact) mass is 265 g/mol. The number of pyridine rings is 1. The predicted molar refractivity (Wildman–Crippen MR) is 68.2 cm³/mol. The first-order valence-corrected chi connectivity index (χ1v) is 5.92. The van der Waals surface area contributed by atoms with Crippen LogP contribution in [0.15, 0.2) is 12.1 Å². The van der Waals surface area contributed by atoms with Crippen LogP contribution >= 0.6 is 0 Å². The third-order valence-corrected chi connectivity index (χ3v) is 2.86. The van der Waals surface area contributed by atoms with E-state index in [1.165, 1.54) is 17.0 Å². The molecule has 102 valence electrons. The molecule has 0 fully saturated rings. The van der Waals surface area contributed by atoms with Gasteiger partial charge in [-0.05, 0) is 43.7 Å². The topological polar surface area (TPSA) is 85.6 Å². The minimum absolute atomic E-state index is 0.163. The van der Waals surface area contributed by atoms with Crippen molar-refractivity contribution >= 4 is 17.5 Å². The third kappa shape index (κ3) is 2.11. The average molecular weight is 265 g/mol. The van der Waals surface area contributed by atoms with Crippen LogP contribution in [0.3, 0.4) is 0 Å². The lowest BCUT2D eigenvalue weighted by atomic mass is 10.0. The second kappa shape index (κ2) is 4.18. The van der Waals surface area contributed by atoms with Gasteiger partial charge in [-0.25, -0.2) is 0 Å². The summed E-state index contributed by atoms with van der Waals surface area (Å²) in [4.78, 5) is 27.8. The van der Waals surface area contributed by atoms with Gasteiger partial charge < -0.3 is 14.9 Å². The van der Waals surface area contributed by atoms with Crippen molar-refractivity contribution < 1.29 is 14.5 Å². The molecule has 7 heteroatoms. The fourth-order valence-corrected chi connectivity index (χ4v) is 1.96. The van der Waals surface area contributed by atoms with Crippen molar-refractivity contribution in [2.24, 2.45) is 0 Å². The molecular weight excluding hydrogens is 250 g/mol. The molecule has 0 saturated heterocycles. The van der Waals surface area contributed by atoms with E-state index < -0.39 is 10.5 Å². The lowest BCUT2D eigenvalue weighted by Gasteiger charge is -2.37. The largest absolute Gasteiger partial charge is 0.472 e. The summed E-state index contributed by atoms with van der Waals surface area (Å²) >= 11 is 0. The number of fused-ring (bicyclic) bond motifs is 1. The molecule has 0 aliphatic carbocycles. The van der Waals surface area contributed by atoms with Crippen molar-refractivity contribution in [2.75, 3.05) is 4.90 Å². The molecule has 1 aliphatic rings. The van der Waals surface area contributed by atoms with E-state index in [0.29, 0.717) is 5.75 Å². The van der Waals surface area contributed by atoms with Gasteiger partial charge in [0, 0.05) is 12.1 Å². The second-order valence-electron chi connectivity index (χ2n) is 5.13. The van der Waals surface area contributed by atoms with E-state index in [1.807, 2.05) is 13.8 Å².